The van der Waals surface area contributed by atoms with Crippen LogP contribution >= 0.6 is 0 Å². The molecule has 0 bridgehead atoms. The predicted octanol–water partition coefficient (Wildman–Crippen LogP) is 1.38. The normalized spacial score (nSPS) is 11.5. The number of furan rings is 1. The molecule has 0 spiro atoms. The molecule has 0 fully saturated rings. The molecular formula is C14H15N3O7S. The van der Waals surface area contributed by atoms with E-state index in [1.165, 1.54) is 38.4 Å². The number of sulfonamides is 1. The zero-order valence-corrected chi connectivity index (χ0v) is 14.1. The summed E-state index contributed by atoms with van der Waals surface area (Å²) < 4.78 is 34.9. The summed E-state index contributed by atoms with van der Waals surface area (Å²) in [5, 5.41) is 10.5. The lowest BCUT2D eigenvalue weighted by Crippen LogP contribution is -2.21. The Kier molecular flexibility index (Phi) is 5.09. The second-order valence-electron chi connectivity index (χ2n) is 5.12. The summed E-state index contributed by atoms with van der Waals surface area (Å²) in [5.41, 5.74) is 4.90. The number of ether oxygens (including phenoxy) is 1. The van der Waals surface area contributed by atoms with Crippen LogP contribution in [0.2, 0.25) is 0 Å². The van der Waals surface area contributed by atoms with Crippen molar-refractivity contribution in [3.63, 3.8) is 0 Å². The van der Waals surface area contributed by atoms with E-state index in [1.54, 1.807) is 0 Å². The van der Waals surface area contributed by atoms with Crippen LogP contribution in [0.3, 0.4) is 0 Å². The van der Waals surface area contributed by atoms with E-state index >= 15 is 0 Å². The molecule has 0 saturated heterocycles. The maximum Gasteiger partial charge on any atom is 0.338 e. The summed E-state index contributed by atoms with van der Waals surface area (Å²) in [7, 11) is -1.02. The highest BCUT2D eigenvalue weighted by molar-refractivity contribution is 7.88. The van der Waals surface area contributed by atoms with Gasteiger partial charge in [-0.3, -0.25) is 10.1 Å². The van der Waals surface area contributed by atoms with Crippen LogP contribution in [-0.2, 0) is 21.4 Å². The number of nitrogen functional groups attached to an aromatic ring is 1. The van der Waals surface area contributed by atoms with Gasteiger partial charge in [0.05, 0.1) is 10.5 Å². The molecule has 11 heteroatoms. The lowest BCUT2D eigenvalue weighted by molar-refractivity contribution is -0.383. The number of nitro benzene ring substituents is 1. The molecule has 1 aromatic heterocycles. The molecule has 0 aliphatic carbocycles. The van der Waals surface area contributed by atoms with Crippen molar-refractivity contribution in [2.45, 2.75) is 11.7 Å². The van der Waals surface area contributed by atoms with E-state index in [4.69, 9.17) is 14.9 Å². The first-order chi connectivity index (χ1) is 11.6. The average molecular weight is 369 g/mol. The Morgan fingerprint density at radius 3 is 2.60 bits per heavy atom. The SMILES string of the molecule is CN(C)S(=O)(=O)c1ccc(COC(=O)c2ccc(N)c([N+](=O)[O-])c2)o1. The maximum atomic E-state index is 12.0. The van der Waals surface area contributed by atoms with Crippen LogP contribution in [0.4, 0.5) is 11.4 Å². The van der Waals surface area contributed by atoms with Crippen LogP contribution in [0.15, 0.2) is 39.8 Å². The minimum Gasteiger partial charge on any atom is -0.454 e. The van der Waals surface area contributed by atoms with Gasteiger partial charge in [0.15, 0.2) is 0 Å². The Morgan fingerprint density at radius 1 is 1.32 bits per heavy atom. The van der Waals surface area contributed by atoms with Crippen molar-refractivity contribution in [2.24, 2.45) is 0 Å². The summed E-state index contributed by atoms with van der Waals surface area (Å²) in [4.78, 5) is 22.1. The first-order valence-corrected chi connectivity index (χ1v) is 8.29. The zero-order valence-electron chi connectivity index (χ0n) is 13.3. The van der Waals surface area contributed by atoms with E-state index in [9.17, 15) is 23.3 Å². The fourth-order valence-corrected chi connectivity index (χ4v) is 2.62. The topological polar surface area (TPSA) is 146 Å². The number of hydrogen-bond donors (Lipinski definition) is 1. The molecule has 1 heterocycles. The van der Waals surface area contributed by atoms with Gasteiger partial charge < -0.3 is 14.9 Å². The molecule has 2 aromatic rings. The molecule has 0 aliphatic heterocycles. The second kappa shape index (κ2) is 6.91. The molecule has 0 atom stereocenters. The molecule has 2 rings (SSSR count). The highest BCUT2D eigenvalue weighted by Gasteiger charge is 2.22. The van der Waals surface area contributed by atoms with Crippen molar-refractivity contribution in [3.05, 3.63) is 51.8 Å². The van der Waals surface area contributed by atoms with Crippen LogP contribution in [0.25, 0.3) is 0 Å². The van der Waals surface area contributed by atoms with Gasteiger partial charge in [0.1, 0.15) is 18.1 Å². The number of anilines is 1. The van der Waals surface area contributed by atoms with Crippen molar-refractivity contribution in [1.82, 2.24) is 4.31 Å². The molecule has 0 aliphatic rings. The van der Waals surface area contributed by atoms with Crippen LogP contribution in [0.5, 0.6) is 0 Å². The van der Waals surface area contributed by atoms with Gasteiger partial charge in [0, 0.05) is 20.2 Å². The fraction of sp³-hybridized carbons (Fsp3) is 0.214. The van der Waals surface area contributed by atoms with Gasteiger partial charge in [-0.15, -0.1) is 0 Å². The third-order valence-electron chi connectivity index (χ3n) is 3.18. The van der Waals surface area contributed by atoms with Gasteiger partial charge in [0.2, 0.25) is 5.09 Å². The van der Waals surface area contributed by atoms with E-state index in [2.05, 4.69) is 0 Å². The molecule has 0 unspecified atom stereocenters. The van der Waals surface area contributed by atoms with Gasteiger partial charge in [-0.2, -0.15) is 0 Å². The third kappa shape index (κ3) is 3.95. The molecule has 0 saturated carbocycles. The Labute approximate surface area is 143 Å². The highest BCUT2D eigenvalue weighted by Crippen LogP contribution is 2.23. The molecule has 10 nitrogen and oxygen atoms in total. The van der Waals surface area contributed by atoms with Crippen LogP contribution in [0, 0.1) is 10.1 Å². The van der Waals surface area contributed by atoms with E-state index in [1.807, 2.05) is 0 Å². The Hall–Kier alpha value is -2.92. The van der Waals surface area contributed by atoms with Gasteiger partial charge in [-0.1, -0.05) is 0 Å². The number of rotatable bonds is 6. The van der Waals surface area contributed by atoms with Crippen molar-refractivity contribution >= 4 is 27.4 Å². The van der Waals surface area contributed by atoms with E-state index in [0.717, 1.165) is 10.4 Å². The molecule has 2 N–H and O–H groups in total. The first kappa shape index (κ1) is 18.4. The number of nitro groups is 1. The number of benzene rings is 1. The molecule has 1 aromatic carbocycles. The Bertz CT molecular complexity index is 918. The summed E-state index contributed by atoms with van der Waals surface area (Å²) in [5.74, 6) is -0.727. The quantitative estimate of drug-likeness (QED) is 0.348. The zero-order chi connectivity index (χ0) is 18.8. The predicted molar refractivity (Wildman–Crippen MR) is 86.2 cm³/mol. The molecule has 25 heavy (non-hydrogen) atoms. The summed E-state index contributed by atoms with van der Waals surface area (Å²) >= 11 is 0. The summed E-state index contributed by atoms with van der Waals surface area (Å²) in [6.07, 6.45) is 0. The number of hydrogen-bond acceptors (Lipinski definition) is 8. The van der Waals surface area contributed by atoms with E-state index < -0.39 is 26.6 Å². The Morgan fingerprint density at radius 2 is 2.00 bits per heavy atom. The smallest absolute Gasteiger partial charge is 0.338 e. The number of carbonyl (C=O) groups excluding carboxylic acids is 1. The summed E-state index contributed by atoms with van der Waals surface area (Å²) in [6, 6.07) is 6.11. The molecule has 0 radical (unpaired) electrons. The number of carbonyl (C=O) groups is 1. The minimum absolute atomic E-state index is 0.0615. The van der Waals surface area contributed by atoms with E-state index in [0.29, 0.717) is 0 Å². The maximum absolute atomic E-state index is 12.0. The monoisotopic (exact) mass is 369 g/mol. The third-order valence-corrected chi connectivity index (χ3v) is 4.87. The second-order valence-corrected chi connectivity index (χ2v) is 7.20. The lowest BCUT2D eigenvalue weighted by atomic mass is 10.2. The minimum atomic E-state index is -3.73. The van der Waals surface area contributed by atoms with Gasteiger partial charge in [-0.05, 0) is 24.3 Å². The van der Waals surface area contributed by atoms with Gasteiger partial charge in [-0.25, -0.2) is 17.5 Å². The van der Waals surface area contributed by atoms with E-state index in [-0.39, 0.29) is 28.7 Å². The van der Waals surface area contributed by atoms with Crippen LogP contribution < -0.4 is 5.73 Å². The van der Waals surface area contributed by atoms with Crippen molar-refractivity contribution in [3.8, 4) is 0 Å². The number of nitrogens with zero attached hydrogens (tertiary/aromatic N) is 2. The van der Waals surface area contributed by atoms with Crippen molar-refractivity contribution in [1.29, 1.82) is 0 Å². The molecule has 0 amide bonds. The Balaban J connectivity index is 2.10. The summed E-state index contributed by atoms with van der Waals surface area (Å²) in [6.45, 7) is -0.333. The molecular weight excluding hydrogens is 354 g/mol. The number of esters is 1. The first-order valence-electron chi connectivity index (χ1n) is 6.85. The van der Waals surface area contributed by atoms with Crippen LogP contribution in [0.1, 0.15) is 16.1 Å². The van der Waals surface area contributed by atoms with Crippen LogP contribution in [-0.4, -0.2) is 37.7 Å². The van der Waals surface area contributed by atoms with Gasteiger partial charge >= 0.3 is 5.97 Å². The van der Waals surface area contributed by atoms with Crippen molar-refractivity contribution in [2.75, 3.05) is 19.8 Å². The number of nitrogens with two attached hydrogens (primary N) is 1. The van der Waals surface area contributed by atoms with Crippen molar-refractivity contribution < 1.29 is 27.3 Å². The standard InChI is InChI=1S/C14H15N3O7S/c1-16(2)25(21,22)13-6-4-10(24-13)8-23-14(18)9-3-5-11(15)12(7-9)17(19)20/h3-7H,8,15H2,1-2H3. The largest absolute Gasteiger partial charge is 0.454 e. The fourth-order valence-electron chi connectivity index (χ4n) is 1.80. The molecule has 134 valence electrons. The lowest BCUT2D eigenvalue weighted by Gasteiger charge is -2.08. The highest BCUT2D eigenvalue weighted by atomic mass is 32.2. The van der Waals surface area contributed by atoms with Gasteiger partial charge in [0.25, 0.3) is 15.7 Å². The average Bonchev–Trinajstić information content (AvgIpc) is 3.02.